The largest absolute Gasteiger partial charge is 0.416 e. The topological polar surface area (TPSA) is 35.5 Å². The molecule has 0 bridgehead atoms. The minimum atomic E-state index is -2.88. The van der Waals surface area contributed by atoms with E-state index in [1.54, 1.807) is 6.08 Å². The number of rotatable bonds is 1. The van der Waals surface area contributed by atoms with Gasteiger partial charge in [0.05, 0.1) is 6.16 Å². The quantitative estimate of drug-likeness (QED) is 0.446. The van der Waals surface area contributed by atoms with Gasteiger partial charge in [-0.2, -0.15) is 0 Å². The first kappa shape index (κ1) is 8.39. The highest BCUT2D eigenvalue weighted by Crippen LogP contribution is 2.51. The molecule has 0 aromatic carbocycles. The lowest BCUT2D eigenvalue weighted by Crippen LogP contribution is -2.01. The van der Waals surface area contributed by atoms with Gasteiger partial charge in [-0.3, -0.25) is 0 Å². The van der Waals surface area contributed by atoms with Gasteiger partial charge in [-0.15, -0.1) is 6.42 Å². The first-order chi connectivity index (χ1) is 5.20. The second-order valence-electron chi connectivity index (χ2n) is 2.11. The van der Waals surface area contributed by atoms with Crippen LogP contribution in [0.5, 0.6) is 0 Å². The number of hydrogen-bond acceptors (Lipinski definition) is 3. The minimum Gasteiger partial charge on any atom is -0.416 e. The third kappa shape index (κ3) is 1.86. The van der Waals surface area contributed by atoms with E-state index in [0.717, 1.165) is 0 Å². The van der Waals surface area contributed by atoms with Crippen molar-refractivity contribution >= 4 is 7.60 Å². The molecule has 0 saturated heterocycles. The SMILES string of the molecule is C#CC1=CCCP(=O)(OC)O1. The van der Waals surface area contributed by atoms with Crippen LogP contribution in [0.3, 0.4) is 0 Å². The van der Waals surface area contributed by atoms with Crippen molar-refractivity contribution in [1.29, 1.82) is 0 Å². The van der Waals surface area contributed by atoms with Crippen LogP contribution in [0.15, 0.2) is 11.8 Å². The molecular formula is C7H9O3P. The van der Waals surface area contributed by atoms with Crippen molar-refractivity contribution in [2.75, 3.05) is 13.3 Å². The van der Waals surface area contributed by atoms with Crippen LogP contribution in [0.4, 0.5) is 0 Å². The molecule has 0 amide bonds. The van der Waals surface area contributed by atoms with E-state index in [4.69, 9.17) is 15.5 Å². The Balaban J connectivity index is 2.77. The molecule has 0 N–H and O–H groups in total. The first-order valence-corrected chi connectivity index (χ1v) is 4.94. The fraction of sp³-hybridized carbons (Fsp3) is 0.429. The maximum atomic E-state index is 11.4. The predicted molar refractivity (Wildman–Crippen MR) is 42.1 cm³/mol. The van der Waals surface area contributed by atoms with Gasteiger partial charge in [-0.05, 0) is 18.4 Å². The molecule has 60 valence electrons. The summed E-state index contributed by atoms with van der Waals surface area (Å²) in [5, 5.41) is 0. The summed E-state index contributed by atoms with van der Waals surface area (Å²) in [6.45, 7) is 0. The van der Waals surface area contributed by atoms with Crippen molar-refractivity contribution in [3.05, 3.63) is 11.8 Å². The van der Waals surface area contributed by atoms with Crippen molar-refractivity contribution in [3.8, 4) is 12.3 Å². The minimum absolute atomic E-state index is 0.321. The Bertz CT molecular complexity index is 261. The molecule has 1 aliphatic heterocycles. The summed E-state index contributed by atoms with van der Waals surface area (Å²) in [6, 6.07) is 0. The molecule has 0 radical (unpaired) electrons. The van der Waals surface area contributed by atoms with E-state index >= 15 is 0 Å². The summed E-state index contributed by atoms with van der Waals surface area (Å²) in [6.07, 6.45) is 7.86. The van der Waals surface area contributed by atoms with E-state index in [0.29, 0.717) is 18.3 Å². The van der Waals surface area contributed by atoms with Gasteiger partial charge in [0, 0.05) is 7.11 Å². The van der Waals surface area contributed by atoms with Crippen LogP contribution in [0.25, 0.3) is 0 Å². The Morgan fingerprint density at radius 1 is 1.91 bits per heavy atom. The molecule has 1 rings (SSSR count). The maximum Gasteiger partial charge on any atom is 0.379 e. The summed E-state index contributed by atoms with van der Waals surface area (Å²) in [5.41, 5.74) is 0. The van der Waals surface area contributed by atoms with Crippen LogP contribution < -0.4 is 0 Å². The Hall–Kier alpha value is -0.710. The van der Waals surface area contributed by atoms with Crippen LogP contribution in [0.2, 0.25) is 0 Å². The van der Waals surface area contributed by atoms with Gasteiger partial charge in [0.15, 0.2) is 5.76 Å². The van der Waals surface area contributed by atoms with Crippen LogP contribution in [0, 0.1) is 12.3 Å². The number of allylic oxidation sites excluding steroid dienone is 2. The van der Waals surface area contributed by atoms with E-state index in [1.807, 2.05) is 0 Å². The van der Waals surface area contributed by atoms with Gasteiger partial charge in [-0.1, -0.05) is 0 Å². The van der Waals surface area contributed by atoms with Crippen LogP contribution >= 0.6 is 7.60 Å². The van der Waals surface area contributed by atoms with Crippen molar-refractivity contribution in [3.63, 3.8) is 0 Å². The Kier molecular flexibility index (Phi) is 2.38. The maximum absolute atomic E-state index is 11.4. The monoisotopic (exact) mass is 172 g/mol. The fourth-order valence-corrected chi connectivity index (χ4v) is 2.02. The van der Waals surface area contributed by atoms with Crippen molar-refractivity contribution < 1.29 is 13.6 Å². The molecule has 0 saturated carbocycles. The van der Waals surface area contributed by atoms with Gasteiger partial charge in [-0.25, -0.2) is 4.57 Å². The lowest BCUT2D eigenvalue weighted by atomic mass is 10.4. The van der Waals surface area contributed by atoms with E-state index < -0.39 is 7.60 Å². The Morgan fingerprint density at radius 2 is 2.64 bits per heavy atom. The van der Waals surface area contributed by atoms with Gasteiger partial charge in [0.1, 0.15) is 0 Å². The first-order valence-electron chi connectivity index (χ1n) is 3.21. The smallest absolute Gasteiger partial charge is 0.379 e. The van der Waals surface area contributed by atoms with E-state index in [2.05, 4.69) is 5.92 Å². The van der Waals surface area contributed by atoms with Gasteiger partial charge in [0.25, 0.3) is 0 Å². The fourth-order valence-electron chi connectivity index (χ4n) is 0.800. The molecule has 4 heteroatoms. The zero-order valence-electron chi connectivity index (χ0n) is 6.24. The third-order valence-corrected chi connectivity index (χ3v) is 3.23. The second kappa shape index (κ2) is 3.13. The number of hydrogen-bond donors (Lipinski definition) is 0. The highest BCUT2D eigenvalue weighted by Gasteiger charge is 2.27. The Morgan fingerprint density at radius 3 is 3.18 bits per heavy atom. The molecule has 1 aliphatic rings. The molecule has 0 fully saturated rings. The molecule has 1 heterocycles. The summed E-state index contributed by atoms with van der Waals surface area (Å²) in [7, 11) is -1.52. The van der Waals surface area contributed by atoms with Crippen LogP contribution in [-0.4, -0.2) is 13.3 Å². The molecule has 0 spiro atoms. The number of terminal acetylenes is 1. The second-order valence-corrected chi connectivity index (χ2v) is 4.33. The van der Waals surface area contributed by atoms with E-state index in [9.17, 15) is 4.57 Å². The van der Waals surface area contributed by atoms with Crippen molar-refractivity contribution in [2.45, 2.75) is 6.42 Å². The molecule has 0 aromatic rings. The summed E-state index contributed by atoms with van der Waals surface area (Å²) < 4.78 is 21.0. The zero-order chi connectivity index (χ0) is 8.32. The van der Waals surface area contributed by atoms with Crippen LogP contribution in [-0.2, 0) is 13.6 Å². The molecule has 0 aliphatic carbocycles. The molecule has 1 atom stereocenters. The van der Waals surface area contributed by atoms with E-state index in [1.165, 1.54) is 7.11 Å². The predicted octanol–water partition coefficient (Wildman–Crippen LogP) is 1.76. The molecule has 0 aromatic heterocycles. The van der Waals surface area contributed by atoms with Crippen molar-refractivity contribution in [2.24, 2.45) is 0 Å². The molecular weight excluding hydrogens is 163 g/mol. The lowest BCUT2D eigenvalue weighted by Gasteiger charge is -2.19. The average molecular weight is 172 g/mol. The van der Waals surface area contributed by atoms with Gasteiger partial charge >= 0.3 is 7.60 Å². The van der Waals surface area contributed by atoms with Crippen molar-refractivity contribution in [1.82, 2.24) is 0 Å². The van der Waals surface area contributed by atoms with Gasteiger partial charge < -0.3 is 9.05 Å². The summed E-state index contributed by atoms with van der Waals surface area (Å²) in [4.78, 5) is 0. The summed E-state index contributed by atoms with van der Waals surface area (Å²) >= 11 is 0. The normalized spacial score (nSPS) is 30.0. The zero-order valence-corrected chi connectivity index (χ0v) is 7.14. The van der Waals surface area contributed by atoms with E-state index in [-0.39, 0.29) is 0 Å². The molecule has 11 heavy (non-hydrogen) atoms. The summed E-state index contributed by atoms with van der Waals surface area (Å²) in [5.74, 6) is 2.60. The third-order valence-electron chi connectivity index (χ3n) is 1.39. The lowest BCUT2D eigenvalue weighted by molar-refractivity contribution is 0.284. The molecule has 3 nitrogen and oxygen atoms in total. The highest BCUT2D eigenvalue weighted by atomic mass is 31.2. The molecule has 1 unspecified atom stereocenters. The average Bonchev–Trinajstić information content (AvgIpc) is 2.05. The Labute approximate surface area is 65.9 Å². The standard InChI is InChI=1S/C7H9O3P/c1-3-7-5-4-6-11(8,9-2)10-7/h1,5H,4,6H2,2H3. The van der Waals surface area contributed by atoms with Crippen LogP contribution in [0.1, 0.15) is 6.42 Å². The van der Waals surface area contributed by atoms with Gasteiger partial charge in [0.2, 0.25) is 0 Å². The highest BCUT2D eigenvalue weighted by molar-refractivity contribution is 7.54.